The van der Waals surface area contributed by atoms with Crippen LogP contribution in [-0.4, -0.2) is 37.0 Å². The lowest BCUT2D eigenvalue weighted by atomic mass is 10.1. The summed E-state index contributed by atoms with van der Waals surface area (Å²) < 4.78 is 26.8. The number of aliphatic hydroxyl groups excluding tert-OH is 1. The molecule has 20 heavy (non-hydrogen) atoms. The minimum atomic E-state index is -3.69. The quantitative estimate of drug-likeness (QED) is 0.922. The van der Waals surface area contributed by atoms with Gasteiger partial charge in [-0.15, -0.1) is 0 Å². The second-order valence-corrected chi connectivity index (χ2v) is 7.67. The molecule has 4 nitrogen and oxygen atoms in total. The van der Waals surface area contributed by atoms with E-state index in [4.69, 9.17) is 23.2 Å². The number of nitrogens with zero attached hydrogens (tertiary/aromatic N) is 1. The van der Waals surface area contributed by atoms with Crippen LogP contribution in [0, 0.1) is 0 Å². The van der Waals surface area contributed by atoms with E-state index in [1.54, 1.807) is 0 Å². The summed E-state index contributed by atoms with van der Waals surface area (Å²) in [7, 11) is -3.69. The van der Waals surface area contributed by atoms with Crippen molar-refractivity contribution in [2.24, 2.45) is 0 Å². The molecule has 2 rings (SSSR count). The van der Waals surface area contributed by atoms with Crippen molar-refractivity contribution in [1.29, 1.82) is 0 Å². The highest BCUT2D eigenvalue weighted by molar-refractivity contribution is 7.89. The van der Waals surface area contributed by atoms with Crippen molar-refractivity contribution in [2.75, 3.05) is 13.2 Å². The van der Waals surface area contributed by atoms with Gasteiger partial charge in [-0.1, -0.05) is 36.0 Å². The van der Waals surface area contributed by atoms with Gasteiger partial charge >= 0.3 is 0 Å². The molecule has 1 aromatic carbocycles. The Kier molecular flexibility index (Phi) is 5.31. The van der Waals surface area contributed by atoms with Crippen LogP contribution in [0.5, 0.6) is 0 Å². The van der Waals surface area contributed by atoms with E-state index in [-0.39, 0.29) is 27.6 Å². The molecule has 1 aliphatic heterocycles. The topological polar surface area (TPSA) is 57.6 Å². The highest BCUT2D eigenvalue weighted by Gasteiger charge is 2.32. The Bertz CT molecular complexity index is 557. The summed E-state index contributed by atoms with van der Waals surface area (Å²) in [6.45, 7) is 0.241. The number of hydrogen-bond donors (Lipinski definition) is 1. The lowest BCUT2D eigenvalue weighted by Gasteiger charge is -2.27. The number of rotatable bonds is 3. The molecule has 0 bridgehead atoms. The second kappa shape index (κ2) is 6.62. The Labute approximate surface area is 129 Å². The third-order valence-corrected chi connectivity index (χ3v) is 5.84. The molecule has 112 valence electrons. The minimum Gasteiger partial charge on any atom is -0.395 e. The first-order chi connectivity index (χ1) is 9.45. The Hall–Kier alpha value is -0.330. The number of benzene rings is 1. The minimum absolute atomic E-state index is 0.0790. The van der Waals surface area contributed by atoms with Crippen molar-refractivity contribution in [1.82, 2.24) is 4.31 Å². The zero-order valence-electron chi connectivity index (χ0n) is 10.9. The van der Waals surface area contributed by atoms with Crippen LogP contribution in [0.3, 0.4) is 0 Å². The molecule has 1 atom stereocenters. The SMILES string of the molecule is O=S(=O)(c1cc(Cl)cc(Cl)c1)N1CCCCCC1CO. The molecule has 1 N–H and O–H groups in total. The van der Waals surface area contributed by atoms with Crippen LogP contribution in [0.4, 0.5) is 0 Å². The van der Waals surface area contributed by atoms with Crippen LogP contribution in [0.2, 0.25) is 10.0 Å². The van der Waals surface area contributed by atoms with E-state index < -0.39 is 10.0 Å². The summed E-state index contributed by atoms with van der Waals surface area (Å²) in [5, 5.41) is 10.0. The van der Waals surface area contributed by atoms with Crippen molar-refractivity contribution in [3.8, 4) is 0 Å². The number of sulfonamides is 1. The third-order valence-electron chi connectivity index (χ3n) is 3.48. The Morgan fingerprint density at radius 1 is 1.15 bits per heavy atom. The van der Waals surface area contributed by atoms with E-state index in [2.05, 4.69) is 0 Å². The molecule has 0 radical (unpaired) electrons. The van der Waals surface area contributed by atoms with E-state index in [0.29, 0.717) is 13.0 Å². The first kappa shape index (κ1) is 16.0. The fourth-order valence-corrected chi connectivity index (χ4v) is 4.87. The molecule has 1 heterocycles. The van der Waals surface area contributed by atoms with Gasteiger partial charge in [-0.05, 0) is 31.0 Å². The highest BCUT2D eigenvalue weighted by Crippen LogP contribution is 2.28. The zero-order valence-corrected chi connectivity index (χ0v) is 13.3. The van der Waals surface area contributed by atoms with Gasteiger partial charge in [0.2, 0.25) is 10.0 Å². The lowest BCUT2D eigenvalue weighted by molar-refractivity contribution is 0.186. The Balaban J connectivity index is 2.41. The average Bonchev–Trinajstić information content (AvgIpc) is 2.62. The van der Waals surface area contributed by atoms with Crippen molar-refractivity contribution < 1.29 is 13.5 Å². The van der Waals surface area contributed by atoms with Crippen molar-refractivity contribution in [2.45, 2.75) is 36.6 Å². The van der Waals surface area contributed by atoms with Gasteiger partial charge in [0.1, 0.15) is 0 Å². The molecule has 0 saturated carbocycles. The highest BCUT2D eigenvalue weighted by atomic mass is 35.5. The molecule has 0 aliphatic carbocycles. The van der Waals surface area contributed by atoms with Gasteiger partial charge in [0.05, 0.1) is 11.5 Å². The number of halogens is 2. The van der Waals surface area contributed by atoms with Crippen molar-refractivity contribution in [3.63, 3.8) is 0 Å². The molecule has 0 aromatic heterocycles. The van der Waals surface area contributed by atoms with Crippen molar-refractivity contribution in [3.05, 3.63) is 28.2 Å². The number of aliphatic hydroxyl groups is 1. The third kappa shape index (κ3) is 3.46. The van der Waals surface area contributed by atoms with Gasteiger partial charge in [0.25, 0.3) is 0 Å². The molecule has 1 aliphatic rings. The zero-order chi connectivity index (χ0) is 14.8. The summed E-state index contributed by atoms with van der Waals surface area (Å²) in [5.41, 5.74) is 0. The molecular formula is C13H17Cl2NO3S. The van der Waals surface area contributed by atoms with E-state index in [1.165, 1.54) is 22.5 Å². The lowest BCUT2D eigenvalue weighted by Crippen LogP contribution is -2.42. The summed E-state index contributed by atoms with van der Waals surface area (Å²) in [4.78, 5) is 0.0790. The molecule has 0 amide bonds. The van der Waals surface area contributed by atoms with Crippen LogP contribution in [0.1, 0.15) is 25.7 Å². The van der Waals surface area contributed by atoms with Crippen LogP contribution < -0.4 is 0 Å². The molecule has 1 fully saturated rings. The Morgan fingerprint density at radius 2 is 1.80 bits per heavy atom. The molecule has 7 heteroatoms. The normalized spacial score (nSPS) is 21.6. The summed E-state index contributed by atoms with van der Waals surface area (Å²) in [6.07, 6.45) is 3.36. The first-order valence-corrected chi connectivity index (χ1v) is 8.73. The van der Waals surface area contributed by atoms with Crippen LogP contribution in [-0.2, 0) is 10.0 Å². The van der Waals surface area contributed by atoms with E-state index >= 15 is 0 Å². The summed E-state index contributed by atoms with van der Waals surface area (Å²) in [5.74, 6) is 0. The standard InChI is InChI=1S/C13H17Cl2NO3S/c14-10-6-11(15)8-13(7-10)20(18,19)16-5-3-1-2-4-12(16)9-17/h6-8,12,17H,1-5,9H2. The maximum atomic E-state index is 12.7. The molecule has 0 spiro atoms. The monoisotopic (exact) mass is 337 g/mol. The van der Waals surface area contributed by atoms with E-state index in [9.17, 15) is 13.5 Å². The molecule has 1 aromatic rings. The summed E-state index contributed by atoms with van der Waals surface area (Å²) in [6, 6.07) is 3.90. The van der Waals surface area contributed by atoms with Gasteiger partial charge in [-0.2, -0.15) is 4.31 Å². The smallest absolute Gasteiger partial charge is 0.243 e. The molecular weight excluding hydrogens is 321 g/mol. The van der Waals surface area contributed by atoms with Crippen LogP contribution in [0.25, 0.3) is 0 Å². The largest absolute Gasteiger partial charge is 0.395 e. The molecule has 1 unspecified atom stereocenters. The van der Waals surface area contributed by atoms with Crippen molar-refractivity contribution >= 4 is 33.2 Å². The van der Waals surface area contributed by atoms with E-state index in [0.717, 1.165) is 19.3 Å². The van der Waals surface area contributed by atoms with Crippen LogP contribution in [0.15, 0.2) is 23.1 Å². The Morgan fingerprint density at radius 3 is 2.40 bits per heavy atom. The molecule has 1 saturated heterocycles. The fraction of sp³-hybridized carbons (Fsp3) is 0.538. The van der Waals surface area contributed by atoms with Gasteiger partial charge < -0.3 is 5.11 Å². The predicted octanol–water partition coefficient (Wildman–Crippen LogP) is 2.92. The van der Waals surface area contributed by atoms with Gasteiger partial charge in [-0.3, -0.25) is 0 Å². The number of hydrogen-bond acceptors (Lipinski definition) is 3. The van der Waals surface area contributed by atoms with Gasteiger partial charge in [-0.25, -0.2) is 8.42 Å². The van der Waals surface area contributed by atoms with Crippen LogP contribution >= 0.6 is 23.2 Å². The fourth-order valence-electron chi connectivity index (χ4n) is 2.46. The predicted molar refractivity (Wildman–Crippen MR) is 79.7 cm³/mol. The van der Waals surface area contributed by atoms with E-state index in [1.807, 2.05) is 0 Å². The first-order valence-electron chi connectivity index (χ1n) is 6.54. The average molecular weight is 338 g/mol. The second-order valence-electron chi connectivity index (χ2n) is 4.91. The van der Waals surface area contributed by atoms with Gasteiger partial charge in [0.15, 0.2) is 0 Å². The van der Waals surface area contributed by atoms with Gasteiger partial charge in [0, 0.05) is 22.6 Å². The maximum Gasteiger partial charge on any atom is 0.243 e. The summed E-state index contributed by atoms with van der Waals surface area (Å²) >= 11 is 11.8. The maximum absolute atomic E-state index is 12.7.